The summed E-state index contributed by atoms with van der Waals surface area (Å²) in [5.41, 5.74) is 0. The SMILES string of the molecule is CCN1CCN(C)CCNCCN(C)CC1. The predicted molar refractivity (Wildman–Crippen MR) is 70.0 cm³/mol. The molecule has 1 fully saturated rings. The van der Waals surface area contributed by atoms with E-state index >= 15 is 0 Å². The summed E-state index contributed by atoms with van der Waals surface area (Å²) < 4.78 is 0. The van der Waals surface area contributed by atoms with Gasteiger partial charge in [-0.15, -0.1) is 0 Å². The molecule has 1 rings (SSSR count). The van der Waals surface area contributed by atoms with Crippen molar-refractivity contribution in [2.75, 3.05) is 73.0 Å². The van der Waals surface area contributed by atoms with Crippen LogP contribution in [0.3, 0.4) is 0 Å². The third-order valence-electron chi connectivity index (χ3n) is 3.38. The van der Waals surface area contributed by atoms with Crippen LogP contribution in [0.15, 0.2) is 0 Å². The van der Waals surface area contributed by atoms with Gasteiger partial charge in [0.1, 0.15) is 0 Å². The van der Waals surface area contributed by atoms with Crippen molar-refractivity contribution in [3.8, 4) is 0 Å². The van der Waals surface area contributed by atoms with E-state index in [4.69, 9.17) is 0 Å². The normalized spacial score (nSPS) is 24.9. The quantitative estimate of drug-likeness (QED) is 0.669. The summed E-state index contributed by atoms with van der Waals surface area (Å²) in [6.07, 6.45) is 0. The number of hydrogen-bond acceptors (Lipinski definition) is 4. The van der Waals surface area contributed by atoms with Gasteiger partial charge in [-0.05, 0) is 20.6 Å². The van der Waals surface area contributed by atoms with Gasteiger partial charge in [0, 0.05) is 52.4 Å². The first kappa shape index (κ1) is 13.9. The number of likely N-dealkylation sites (N-methyl/N-ethyl adjacent to an activating group) is 3. The van der Waals surface area contributed by atoms with Crippen LogP contribution in [0, 0.1) is 0 Å². The minimum atomic E-state index is 1.11. The molecule has 4 nitrogen and oxygen atoms in total. The van der Waals surface area contributed by atoms with E-state index in [0.717, 1.165) is 26.2 Å². The maximum Gasteiger partial charge on any atom is 0.0110 e. The fraction of sp³-hybridized carbons (Fsp3) is 1.00. The Morgan fingerprint density at radius 2 is 1.31 bits per heavy atom. The summed E-state index contributed by atoms with van der Waals surface area (Å²) >= 11 is 0. The number of nitrogens with zero attached hydrogens (tertiary/aromatic N) is 3. The van der Waals surface area contributed by atoms with Crippen molar-refractivity contribution >= 4 is 0 Å². The molecule has 0 bridgehead atoms. The van der Waals surface area contributed by atoms with Crippen LogP contribution in [0.2, 0.25) is 0 Å². The molecule has 1 aliphatic rings. The van der Waals surface area contributed by atoms with Crippen LogP contribution in [0.1, 0.15) is 6.92 Å². The molecular formula is C12H28N4. The summed E-state index contributed by atoms with van der Waals surface area (Å²) in [6.45, 7) is 12.7. The second-order valence-corrected chi connectivity index (χ2v) is 4.79. The second-order valence-electron chi connectivity index (χ2n) is 4.79. The molecule has 4 heteroatoms. The standard InChI is InChI=1S/C12H28N4/c1-4-16-11-9-14(2)7-5-13-6-8-15(3)10-12-16/h13H,4-12H2,1-3H3. The van der Waals surface area contributed by atoms with E-state index < -0.39 is 0 Å². The average molecular weight is 228 g/mol. The molecule has 16 heavy (non-hydrogen) atoms. The molecule has 0 spiro atoms. The number of hydrogen-bond donors (Lipinski definition) is 1. The molecule has 0 atom stereocenters. The van der Waals surface area contributed by atoms with Gasteiger partial charge in [0.25, 0.3) is 0 Å². The Morgan fingerprint density at radius 3 is 1.75 bits per heavy atom. The molecule has 0 aromatic heterocycles. The molecule has 1 aliphatic heterocycles. The molecule has 1 heterocycles. The van der Waals surface area contributed by atoms with Crippen LogP contribution < -0.4 is 5.32 Å². The van der Waals surface area contributed by atoms with E-state index in [1.807, 2.05) is 0 Å². The second kappa shape index (κ2) is 8.01. The van der Waals surface area contributed by atoms with Gasteiger partial charge in [0.15, 0.2) is 0 Å². The van der Waals surface area contributed by atoms with Gasteiger partial charge in [0.2, 0.25) is 0 Å². The summed E-state index contributed by atoms with van der Waals surface area (Å²) in [4.78, 5) is 7.38. The Balaban J connectivity index is 2.36. The maximum atomic E-state index is 3.49. The van der Waals surface area contributed by atoms with Crippen molar-refractivity contribution in [1.82, 2.24) is 20.0 Å². The Morgan fingerprint density at radius 1 is 0.812 bits per heavy atom. The molecule has 96 valence electrons. The number of nitrogens with one attached hydrogen (secondary N) is 1. The van der Waals surface area contributed by atoms with Crippen molar-refractivity contribution in [2.24, 2.45) is 0 Å². The van der Waals surface area contributed by atoms with Gasteiger partial charge < -0.3 is 20.0 Å². The van der Waals surface area contributed by atoms with Crippen molar-refractivity contribution in [2.45, 2.75) is 6.92 Å². The molecule has 0 aliphatic carbocycles. The van der Waals surface area contributed by atoms with E-state index in [0.29, 0.717) is 0 Å². The summed E-state index contributed by atoms with van der Waals surface area (Å²) in [5, 5.41) is 3.49. The van der Waals surface area contributed by atoms with Gasteiger partial charge >= 0.3 is 0 Å². The van der Waals surface area contributed by atoms with Gasteiger partial charge in [-0.1, -0.05) is 6.92 Å². The van der Waals surface area contributed by atoms with Gasteiger partial charge in [0.05, 0.1) is 0 Å². The smallest absolute Gasteiger partial charge is 0.0110 e. The zero-order chi connectivity index (χ0) is 11.8. The topological polar surface area (TPSA) is 21.8 Å². The highest BCUT2D eigenvalue weighted by molar-refractivity contribution is 4.65. The zero-order valence-corrected chi connectivity index (χ0v) is 11.2. The van der Waals surface area contributed by atoms with Crippen LogP contribution in [0.5, 0.6) is 0 Å². The lowest BCUT2D eigenvalue weighted by atomic mass is 10.4. The van der Waals surface area contributed by atoms with Gasteiger partial charge in [-0.3, -0.25) is 0 Å². The molecule has 1 N–H and O–H groups in total. The molecule has 0 radical (unpaired) electrons. The largest absolute Gasteiger partial charge is 0.314 e. The van der Waals surface area contributed by atoms with Gasteiger partial charge in [-0.25, -0.2) is 0 Å². The highest BCUT2D eigenvalue weighted by Gasteiger charge is 2.07. The van der Waals surface area contributed by atoms with Crippen molar-refractivity contribution in [3.63, 3.8) is 0 Å². The molecule has 1 saturated heterocycles. The fourth-order valence-electron chi connectivity index (χ4n) is 1.94. The molecule has 0 amide bonds. The third-order valence-corrected chi connectivity index (χ3v) is 3.38. The van der Waals surface area contributed by atoms with Crippen LogP contribution >= 0.6 is 0 Å². The molecule has 0 unspecified atom stereocenters. The summed E-state index contributed by atoms with van der Waals surface area (Å²) in [7, 11) is 4.43. The van der Waals surface area contributed by atoms with Crippen LogP contribution in [-0.2, 0) is 0 Å². The first-order chi connectivity index (χ1) is 7.72. The molecular weight excluding hydrogens is 200 g/mol. The lowest BCUT2D eigenvalue weighted by Crippen LogP contribution is -2.42. The Bertz CT molecular complexity index is 158. The van der Waals surface area contributed by atoms with E-state index in [1.165, 1.54) is 32.7 Å². The molecule has 0 saturated carbocycles. The average Bonchev–Trinajstić information content (AvgIpc) is 2.27. The Labute approximate surface area is 101 Å². The Hall–Kier alpha value is -0.160. The first-order valence-electron chi connectivity index (χ1n) is 6.52. The van der Waals surface area contributed by atoms with Gasteiger partial charge in [-0.2, -0.15) is 0 Å². The summed E-state index contributed by atoms with van der Waals surface area (Å²) in [6, 6.07) is 0. The van der Waals surface area contributed by atoms with E-state index in [2.05, 4.69) is 41.0 Å². The van der Waals surface area contributed by atoms with E-state index in [9.17, 15) is 0 Å². The minimum Gasteiger partial charge on any atom is -0.314 e. The maximum absolute atomic E-state index is 3.49. The van der Waals surface area contributed by atoms with E-state index in [-0.39, 0.29) is 0 Å². The minimum absolute atomic E-state index is 1.11. The Kier molecular flexibility index (Phi) is 6.96. The predicted octanol–water partition coefficient (Wildman–Crippen LogP) is -0.225. The first-order valence-corrected chi connectivity index (χ1v) is 6.52. The third kappa shape index (κ3) is 5.80. The zero-order valence-electron chi connectivity index (χ0n) is 11.2. The highest BCUT2D eigenvalue weighted by Crippen LogP contribution is 1.93. The lowest BCUT2D eigenvalue weighted by Gasteiger charge is -2.28. The van der Waals surface area contributed by atoms with E-state index in [1.54, 1.807) is 0 Å². The number of rotatable bonds is 1. The fourth-order valence-corrected chi connectivity index (χ4v) is 1.94. The van der Waals surface area contributed by atoms with Crippen molar-refractivity contribution in [1.29, 1.82) is 0 Å². The molecule has 0 aromatic carbocycles. The van der Waals surface area contributed by atoms with Crippen molar-refractivity contribution < 1.29 is 0 Å². The van der Waals surface area contributed by atoms with Crippen LogP contribution in [0.25, 0.3) is 0 Å². The van der Waals surface area contributed by atoms with Crippen LogP contribution in [-0.4, -0.2) is 87.7 Å². The van der Waals surface area contributed by atoms with Crippen molar-refractivity contribution in [3.05, 3.63) is 0 Å². The lowest BCUT2D eigenvalue weighted by molar-refractivity contribution is 0.198. The summed E-state index contributed by atoms with van der Waals surface area (Å²) in [5.74, 6) is 0. The molecule has 0 aromatic rings. The van der Waals surface area contributed by atoms with Crippen LogP contribution in [0.4, 0.5) is 0 Å². The highest BCUT2D eigenvalue weighted by atomic mass is 15.2. The monoisotopic (exact) mass is 228 g/mol.